The molecule has 0 unspecified atom stereocenters. The number of fused-ring (bicyclic) bond motifs is 1. The molecule has 9 nitrogen and oxygen atoms in total. The van der Waals surface area contributed by atoms with E-state index in [9.17, 15) is 4.79 Å². The number of benzene rings is 1. The van der Waals surface area contributed by atoms with Crippen molar-refractivity contribution in [2.24, 2.45) is 0 Å². The van der Waals surface area contributed by atoms with Gasteiger partial charge in [-0.1, -0.05) is 0 Å². The molecule has 0 radical (unpaired) electrons. The Morgan fingerprint density at radius 2 is 1.94 bits per heavy atom. The number of nitrogens with zero attached hydrogens (tertiary/aromatic N) is 3. The first-order chi connectivity index (χ1) is 16.0. The molecular weight excluding hydrogens is 420 g/mol. The summed E-state index contributed by atoms with van der Waals surface area (Å²) in [5.74, 6) is 0.513. The summed E-state index contributed by atoms with van der Waals surface area (Å²) in [6, 6.07) is 8.76. The van der Waals surface area contributed by atoms with E-state index in [2.05, 4.69) is 20.3 Å². The van der Waals surface area contributed by atoms with Gasteiger partial charge in [0.15, 0.2) is 0 Å². The van der Waals surface area contributed by atoms with Crippen LogP contribution in [0.15, 0.2) is 42.7 Å². The number of nitrogens with one attached hydrogen (secondary N) is 3. The monoisotopic (exact) mass is 448 g/mol. The highest BCUT2D eigenvalue weighted by Gasteiger charge is 2.27. The first-order valence-corrected chi connectivity index (χ1v) is 11.0. The Morgan fingerprint density at radius 3 is 2.55 bits per heavy atom. The minimum absolute atomic E-state index is 0.0779. The van der Waals surface area contributed by atoms with Gasteiger partial charge in [-0.15, -0.1) is 0 Å². The second kappa shape index (κ2) is 9.72. The van der Waals surface area contributed by atoms with Crippen LogP contribution in [0, 0.1) is 5.41 Å². The zero-order valence-electron chi connectivity index (χ0n) is 18.7. The second-order valence-corrected chi connectivity index (χ2v) is 8.04. The van der Waals surface area contributed by atoms with E-state index in [1.165, 1.54) is 6.21 Å². The Balaban J connectivity index is 1.54. The zero-order chi connectivity index (χ0) is 23.4. The first kappa shape index (κ1) is 22.3. The van der Waals surface area contributed by atoms with Crippen molar-refractivity contribution in [1.29, 1.82) is 5.41 Å². The third-order valence-corrected chi connectivity index (χ3v) is 5.97. The summed E-state index contributed by atoms with van der Waals surface area (Å²) < 4.78 is 8.17. The Kier molecular flexibility index (Phi) is 6.58. The number of aromatic carboxylic acids is 1. The lowest BCUT2D eigenvalue weighted by molar-refractivity contribution is 0.0696. The van der Waals surface area contributed by atoms with Gasteiger partial charge >= 0.3 is 5.97 Å². The maximum absolute atomic E-state index is 11.0. The summed E-state index contributed by atoms with van der Waals surface area (Å²) >= 11 is 0. The van der Waals surface area contributed by atoms with E-state index in [0.29, 0.717) is 11.3 Å². The number of carboxylic acid groups (broad SMARTS) is 1. The number of ether oxygens (including phenoxy) is 1. The molecule has 0 aliphatic heterocycles. The van der Waals surface area contributed by atoms with Crippen molar-refractivity contribution in [1.82, 2.24) is 20.1 Å². The summed E-state index contributed by atoms with van der Waals surface area (Å²) in [5.41, 5.74) is 2.67. The van der Waals surface area contributed by atoms with E-state index >= 15 is 0 Å². The van der Waals surface area contributed by atoms with E-state index < -0.39 is 5.97 Å². The quantitative estimate of drug-likeness (QED) is 0.385. The normalized spacial score (nSPS) is 18.7. The SMILES string of the molecule is CN/C=C(\C=N)c1nn(C2CCC(Oc3ccc(C(=O)O)cc3)CC2)c2cc(NC)ncc12. The number of hydrogen-bond donors (Lipinski definition) is 4. The molecule has 1 aliphatic rings. The van der Waals surface area contributed by atoms with Gasteiger partial charge < -0.3 is 25.9 Å². The summed E-state index contributed by atoms with van der Waals surface area (Å²) in [6.45, 7) is 0. The molecule has 1 fully saturated rings. The van der Waals surface area contributed by atoms with Crippen LogP contribution in [0.25, 0.3) is 16.5 Å². The third-order valence-electron chi connectivity index (χ3n) is 5.97. The first-order valence-electron chi connectivity index (χ1n) is 11.0. The van der Waals surface area contributed by atoms with Gasteiger partial charge in [-0.3, -0.25) is 4.68 Å². The number of anilines is 1. The average Bonchev–Trinajstić information content (AvgIpc) is 3.22. The summed E-state index contributed by atoms with van der Waals surface area (Å²) in [5, 5.41) is 28.8. The highest BCUT2D eigenvalue weighted by Crippen LogP contribution is 2.35. The van der Waals surface area contributed by atoms with Crippen LogP contribution in [0.2, 0.25) is 0 Å². The van der Waals surface area contributed by atoms with Crippen LogP contribution in [-0.2, 0) is 0 Å². The highest BCUT2D eigenvalue weighted by molar-refractivity contribution is 6.12. The van der Waals surface area contributed by atoms with Gasteiger partial charge in [0.2, 0.25) is 0 Å². The molecule has 0 amide bonds. The van der Waals surface area contributed by atoms with E-state index in [1.807, 2.05) is 19.3 Å². The third kappa shape index (κ3) is 4.67. The molecule has 1 saturated carbocycles. The number of aromatic nitrogens is 3. The van der Waals surface area contributed by atoms with Crippen molar-refractivity contribution in [3.05, 3.63) is 54.0 Å². The predicted octanol–water partition coefficient (Wildman–Crippen LogP) is 3.94. The Hall–Kier alpha value is -3.88. The topological polar surface area (TPSA) is 125 Å². The molecule has 0 bridgehead atoms. The minimum Gasteiger partial charge on any atom is -0.490 e. The molecule has 33 heavy (non-hydrogen) atoms. The van der Waals surface area contributed by atoms with Gasteiger partial charge in [-0.05, 0) is 49.9 Å². The van der Waals surface area contributed by atoms with Gasteiger partial charge in [-0.2, -0.15) is 5.10 Å². The number of pyridine rings is 1. The van der Waals surface area contributed by atoms with Gasteiger partial charge in [0.1, 0.15) is 17.3 Å². The zero-order valence-corrected chi connectivity index (χ0v) is 18.7. The number of carbonyl (C=O) groups is 1. The molecule has 1 aromatic carbocycles. The van der Waals surface area contributed by atoms with Crippen LogP contribution < -0.4 is 15.4 Å². The largest absolute Gasteiger partial charge is 0.490 e. The van der Waals surface area contributed by atoms with E-state index in [-0.39, 0.29) is 17.7 Å². The summed E-state index contributed by atoms with van der Waals surface area (Å²) in [6.07, 6.45) is 8.50. The number of rotatable bonds is 8. The second-order valence-electron chi connectivity index (χ2n) is 8.04. The maximum atomic E-state index is 11.0. The van der Waals surface area contributed by atoms with E-state index in [1.54, 1.807) is 37.5 Å². The Labute approximate surface area is 192 Å². The molecule has 172 valence electrons. The van der Waals surface area contributed by atoms with Crippen LogP contribution >= 0.6 is 0 Å². The number of hydrogen-bond acceptors (Lipinski definition) is 7. The molecule has 0 spiro atoms. The summed E-state index contributed by atoms with van der Waals surface area (Å²) in [7, 11) is 3.64. The molecule has 2 heterocycles. The fourth-order valence-electron chi connectivity index (χ4n) is 4.27. The summed E-state index contributed by atoms with van der Waals surface area (Å²) in [4.78, 5) is 15.5. The fraction of sp³-hybridized carbons (Fsp3) is 0.333. The Morgan fingerprint density at radius 1 is 1.21 bits per heavy atom. The van der Waals surface area contributed by atoms with Gasteiger partial charge in [0, 0.05) is 49.7 Å². The van der Waals surface area contributed by atoms with E-state index in [0.717, 1.165) is 48.1 Å². The minimum atomic E-state index is -0.944. The molecule has 1 aliphatic carbocycles. The lowest BCUT2D eigenvalue weighted by atomic mass is 9.93. The van der Waals surface area contributed by atoms with Gasteiger partial charge in [0.05, 0.1) is 23.2 Å². The molecule has 0 saturated heterocycles. The van der Waals surface area contributed by atoms with E-state index in [4.69, 9.17) is 20.4 Å². The van der Waals surface area contributed by atoms with Crippen LogP contribution in [-0.4, -0.2) is 52.3 Å². The van der Waals surface area contributed by atoms with Crippen LogP contribution in [0.3, 0.4) is 0 Å². The van der Waals surface area contributed by atoms with Crippen molar-refractivity contribution in [2.75, 3.05) is 19.4 Å². The fourth-order valence-corrected chi connectivity index (χ4v) is 4.27. The standard InChI is InChI=1S/C24H28N6O3/c1-26-13-16(12-25)23-20-14-28-22(27-2)11-21(20)30(29-23)17-5-9-19(10-6-17)33-18-7-3-15(4-8-18)24(31)32/h3-4,7-8,11-14,17,19,25-26H,5-6,9-10H2,1-2H3,(H,27,28)(H,31,32)/b16-13+,25-12?. The highest BCUT2D eigenvalue weighted by atomic mass is 16.5. The number of carboxylic acids is 1. The smallest absolute Gasteiger partial charge is 0.335 e. The van der Waals surface area contributed by atoms with Crippen molar-refractivity contribution < 1.29 is 14.6 Å². The van der Waals surface area contributed by atoms with Crippen molar-refractivity contribution >= 4 is 34.5 Å². The van der Waals surface area contributed by atoms with Crippen LogP contribution in [0.1, 0.15) is 47.8 Å². The molecule has 2 aromatic heterocycles. The lowest BCUT2D eigenvalue weighted by Crippen LogP contribution is -2.26. The van der Waals surface area contributed by atoms with Gasteiger partial charge in [0.25, 0.3) is 0 Å². The molecule has 4 N–H and O–H groups in total. The van der Waals surface area contributed by atoms with Crippen LogP contribution in [0.4, 0.5) is 5.82 Å². The van der Waals surface area contributed by atoms with Crippen molar-refractivity contribution in [3.8, 4) is 5.75 Å². The maximum Gasteiger partial charge on any atom is 0.335 e. The lowest BCUT2D eigenvalue weighted by Gasteiger charge is -2.29. The average molecular weight is 449 g/mol. The molecule has 4 rings (SSSR count). The molecule has 3 aromatic rings. The Bertz CT molecular complexity index is 1180. The van der Waals surface area contributed by atoms with Crippen molar-refractivity contribution in [3.63, 3.8) is 0 Å². The molecule has 9 heteroatoms. The van der Waals surface area contributed by atoms with Gasteiger partial charge in [-0.25, -0.2) is 9.78 Å². The number of allylic oxidation sites excluding steroid dienone is 1. The molecular formula is C24H28N6O3. The molecule has 0 atom stereocenters. The van der Waals surface area contributed by atoms with Crippen LogP contribution in [0.5, 0.6) is 5.75 Å². The van der Waals surface area contributed by atoms with Crippen molar-refractivity contribution in [2.45, 2.75) is 37.8 Å². The predicted molar refractivity (Wildman–Crippen MR) is 128 cm³/mol.